The Kier molecular flexibility index (Phi) is 7.10. The molecule has 2 aliphatic rings. The largest absolute Gasteiger partial charge is 0.416 e. The number of rotatable bonds is 6. The minimum atomic E-state index is -4.31. The maximum atomic E-state index is 12.8. The number of hydrogen-bond acceptors (Lipinski definition) is 5. The minimum Gasteiger partial charge on any atom is -0.378 e. The Hall–Kier alpha value is -2.46. The van der Waals surface area contributed by atoms with Crippen LogP contribution in [0, 0.1) is 0 Å². The number of alkyl halides is 3. The Morgan fingerprint density at radius 1 is 1.09 bits per heavy atom. The third-order valence-corrected chi connectivity index (χ3v) is 6.16. The predicted molar refractivity (Wildman–Crippen MR) is 111 cm³/mol. The highest BCUT2D eigenvalue weighted by molar-refractivity contribution is 5.91. The van der Waals surface area contributed by atoms with Gasteiger partial charge in [0.15, 0.2) is 5.69 Å². The molecule has 1 atom stereocenters. The van der Waals surface area contributed by atoms with Crippen molar-refractivity contribution < 1.29 is 22.7 Å². The van der Waals surface area contributed by atoms with Crippen molar-refractivity contribution in [1.82, 2.24) is 24.8 Å². The van der Waals surface area contributed by atoms with Crippen LogP contribution in [0.2, 0.25) is 0 Å². The lowest BCUT2D eigenvalue weighted by molar-refractivity contribution is -0.137. The van der Waals surface area contributed by atoms with Gasteiger partial charge in [0.2, 0.25) is 0 Å². The van der Waals surface area contributed by atoms with Gasteiger partial charge in [-0.2, -0.15) is 13.2 Å². The van der Waals surface area contributed by atoms with Gasteiger partial charge in [0.25, 0.3) is 5.91 Å². The molecule has 0 aliphatic carbocycles. The summed E-state index contributed by atoms with van der Waals surface area (Å²) >= 11 is 0. The van der Waals surface area contributed by atoms with E-state index in [2.05, 4.69) is 15.2 Å². The van der Waals surface area contributed by atoms with Gasteiger partial charge in [0.1, 0.15) is 0 Å². The summed E-state index contributed by atoms with van der Waals surface area (Å²) in [4.78, 5) is 16.6. The lowest BCUT2D eigenvalue weighted by atomic mass is 9.98. The summed E-state index contributed by atoms with van der Waals surface area (Å²) in [5, 5.41) is 8.17. The first-order chi connectivity index (χ1) is 15.4. The summed E-state index contributed by atoms with van der Waals surface area (Å²) < 4.78 is 45.4. The second-order valence-corrected chi connectivity index (χ2v) is 8.37. The minimum absolute atomic E-state index is 0.124. The molecule has 2 fully saturated rings. The van der Waals surface area contributed by atoms with Crippen molar-refractivity contribution in [2.45, 2.75) is 51.0 Å². The van der Waals surface area contributed by atoms with Gasteiger partial charge >= 0.3 is 6.18 Å². The Morgan fingerprint density at radius 2 is 1.84 bits per heavy atom. The van der Waals surface area contributed by atoms with Gasteiger partial charge in [-0.3, -0.25) is 14.4 Å². The van der Waals surface area contributed by atoms with E-state index in [4.69, 9.17) is 4.74 Å². The first kappa shape index (κ1) is 22.7. The van der Waals surface area contributed by atoms with Crippen LogP contribution in [0.3, 0.4) is 0 Å². The topological polar surface area (TPSA) is 63.5 Å². The number of piperidine rings is 1. The standard InChI is InChI=1S/C22H28F3N5O2/c23-22(24,25)18-6-4-17(5-7-18)15-29-9-2-1-3-19(29)8-10-30-16-20(26-27-30)21(31)28-11-13-32-14-12-28/h4-7,16,19H,1-3,8-15H2. The molecule has 174 valence electrons. The fourth-order valence-electron chi connectivity index (χ4n) is 4.34. The maximum Gasteiger partial charge on any atom is 0.416 e. The monoisotopic (exact) mass is 451 g/mol. The van der Waals surface area contributed by atoms with E-state index in [0.717, 1.165) is 49.9 Å². The van der Waals surface area contributed by atoms with Crippen LogP contribution in [-0.2, 0) is 24.0 Å². The summed E-state index contributed by atoms with van der Waals surface area (Å²) in [6.07, 6.45) is 1.47. The molecule has 2 aliphatic heterocycles. The summed E-state index contributed by atoms with van der Waals surface area (Å²) in [5.74, 6) is -0.124. The van der Waals surface area contributed by atoms with Gasteiger partial charge in [-0.05, 0) is 43.5 Å². The summed E-state index contributed by atoms with van der Waals surface area (Å²) in [6, 6.07) is 5.74. The summed E-state index contributed by atoms with van der Waals surface area (Å²) in [7, 11) is 0. The van der Waals surface area contributed by atoms with Crippen molar-refractivity contribution in [2.75, 3.05) is 32.8 Å². The SMILES string of the molecule is O=C(c1cn(CCC2CCCCN2Cc2ccc(C(F)(F)F)cc2)nn1)N1CCOCC1. The molecule has 0 bridgehead atoms. The van der Waals surface area contributed by atoms with Crippen molar-refractivity contribution in [3.05, 3.63) is 47.3 Å². The van der Waals surface area contributed by atoms with Crippen molar-refractivity contribution in [3.63, 3.8) is 0 Å². The van der Waals surface area contributed by atoms with Gasteiger partial charge in [0.05, 0.1) is 25.0 Å². The van der Waals surface area contributed by atoms with Gasteiger partial charge in [-0.15, -0.1) is 5.10 Å². The summed E-state index contributed by atoms with van der Waals surface area (Å²) in [6.45, 7) is 4.38. The average molecular weight is 451 g/mol. The molecule has 1 aromatic heterocycles. The predicted octanol–water partition coefficient (Wildman–Crippen LogP) is 3.21. The number of benzene rings is 1. The molecule has 2 saturated heterocycles. The number of halogens is 3. The van der Waals surface area contributed by atoms with Crippen molar-refractivity contribution >= 4 is 5.91 Å². The van der Waals surface area contributed by atoms with Crippen molar-refractivity contribution in [3.8, 4) is 0 Å². The van der Waals surface area contributed by atoms with E-state index >= 15 is 0 Å². The first-order valence-corrected chi connectivity index (χ1v) is 11.1. The van der Waals surface area contributed by atoms with Crippen LogP contribution in [0.5, 0.6) is 0 Å². The molecule has 1 amide bonds. The Bertz CT molecular complexity index is 894. The van der Waals surface area contributed by atoms with Crippen molar-refractivity contribution in [2.24, 2.45) is 0 Å². The number of morpholine rings is 1. The Balaban J connectivity index is 1.33. The second-order valence-electron chi connectivity index (χ2n) is 8.37. The number of aromatic nitrogens is 3. The Labute approximate surface area is 185 Å². The maximum absolute atomic E-state index is 12.8. The number of carbonyl (C=O) groups is 1. The van der Waals surface area contributed by atoms with Gasteiger partial charge < -0.3 is 9.64 Å². The highest BCUT2D eigenvalue weighted by Crippen LogP contribution is 2.30. The molecule has 0 radical (unpaired) electrons. The molecule has 0 spiro atoms. The molecular weight excluding hydrogens is 423 g/mol. The lowest BCUT2D eigenvalue weighted by Crippen LogP contribution is -2.40. The van der Waals surface area contributed by atoms with E-state index in [1.165, 1.54) is 0 Å². The lowest BCUT2D eigenvalue weighted by Gasteiger charge is -2.36. The van der Waals surface area contributed by atoms with Crippen molar-refractivity contribution in [1.29, 1.82) is 0 Å². The van der Waals surface area contributed by atoms with E-state index < -0.39 is 11.7 Å². The third kappa shape index (κ3) is 5.66. The molecule has 10 heteroatoms. The number of hydrogen-bond donors (Lipinski definition) is 0. The molecular formula is C22H28F3N5O2. The van der Waals surface area contributed by atoms with Gasteiger partial charge in [-0.1, -0.05) is 23.8 Å². The number of carbonyl (C=O) groups excluding carboxylic acids is 1. The molecule has 1 aromatic carbocycles. The smallest absolute Gasteiger partial charge is 0.378 e. The van der Waals surface area contributed by atoms with E-state index in [1.807, 2.05) is 0 Å². The average Bonchev–Trinajstić information content (AvgIpc) is 3.27. The Morgan fingerprint density at radius 3 is 2.56 bits per heavy atom. The quantitative estimate of drug-likeness (QED) is 0.675. The normalized spacial score (nSPS) is 20.5. The fraction of sp³-hybridized carbons (Fsp3) is 0.591. The molecule has 2 aromatic rings. The van der Waals surface area contributed by atoms with E-state index in [-0.39, 0.29) is 5.91 Å². The summed E-state index contributed by atoms with van der Waals surface area (Å²) in [5.41, 5.74) is 0.603. The van der Waals surface area contributed by atoms with Crippen LogP contribution in [0.25, 0.3) is 0 Å². The molecule has 0 N–H and O–H groups in total. The van der Waals surface area contributed by atoms with Crippen LogP contribution >= 0.6 is 0 Å². The van der Waals surface area contributed by atoms with E-state index in [1.54, 1.807) is 27.9 Å². The van der Waals surface area contributed by atoms with E-state index in [9.17, 15) is 18.0 Å². The number of ether oxygens (including phenoxy) is 1. The number of amides is 1. The fourth-order valence-corrected chi connectivity index (χ4v) is 4.34. The second kappa shape index (κ2) is 9.99. The van der Waals surface area contributed by atoms with Crippen LogP contribution in [0.4, 0.5) is 13.2 Å². The molecule has 0 saturated carbocycles. The molecule has 3 heterocycles. The van der Waals surface area contributed by atoms with Gasteiger partial charge in [-0.25, -0.2) is 0 Å². The van der Waals surface area contributed by atoms with Crippen LogP contribution in [-0.4, -0.2) is 69.6 Å². The van der Waals surface area contributed by atoms with E-state index in [0.29, 0.717) is 51.1 Å². The molecule has 4 rings (SSSR count). The zero-order valence-electron chi connectivity index (χ0n) is 17.9. The van der Waals surface area contributed by atoms with Crippen LogP contribution < -0.4 is 0 Å². The van der Waals surface area contributed by atoms with Gasteiger partial charge in [0, 0.05) is 32.2 Å². The molecule has 1 unspecified atom stereocenters. The number of aryl methyl sites for hydroxylation is 1. The highest BCUT2D eigenvalue weighted by Gasteiger charge is 2.30. The molecule has 32 heavy (non-hydrogen) atoms. The van der Waals surface area contributed by atoms with Crippen LogP contribution in [0.15, 0.2) is 30.5 Å². The molecule has 7 nitrogen and oxygen atoms in total. The zero-order chi connectivity index (χ0) is 22.6. The highest BCUT2D eigenvalue weighted by atomic mass is 19.4. The first-order valence-electron chi connectivity index (χ1n) is 11.1. The van der Waals surface area contributed by atoms with Crippen LogP contribution in [0.1, 0.15) is 47.3 Å². The number of likely N-dealkylation sites (tertiary alicyclic amines) is 1. The zero-order valence-corrected chi connectivity index (χ0v) is 17.9. The number of nitrogens with zero attached hydrogens (tertiary/aromatic N) is 5. The third-order valence-electron chi connectivity index (χ3n) is 6.16.